The zero-order valence-electron chi connectivity index (χ0n) is 15.3. The number of amidine groups is 1. The first-order chi connectivity index (χ1) is 14.3. The molecule has 0 aliphatic carbocycles. The van der Waals surface area contributed by atoms with Crippen molar-refractivity contribution in [3.8, 4) is 28.6 Å². The second-order valence-electron chi connectivity index (χ2n) is 6.44. The number of phenols is 2. The fourth-order valence-corrected chi connectivity index (χ4v) is 3.05. The SMILES string of the molecule is N=C(N)c1ccc2nc(OC(=O)c3cccc(O)c3-c3cc(F)ccc3O)[nH]c2c1. The van der Waals surface area contributed by atoms with Gasteiger partial charge in [0, 0.05) is 16.7 Å². The van der Waals surface area contributed by atoms with Gasteiger partial charge in [0.2, 0.25) is 0 Å². The van der Waals surface area contributed by atoms with Crippen LogP contribution in [0.5, 0.6) is 17.5 Å². The van der Waals surface area contributed by atoms with Gasteiger partial charge in [-0.15, -0.1) is 0 Å². The monoisotopic (exact) mass is 406 g/mol. The molecule has 0 saturated carbocycles. The molecule has 0 radical (unpaired) electrons. The van der Waals surface area contributed by atoms with Gasteiger partial charge >= 0.3 is 12.0 Å². The first-order valence-corrected chi connectivity index (χ1v) is 8.70. The Kier molecular flexibility index (Phi) is 4.55. The Balaban J connectivity index is 1.72. The summed E-state index contributed by atoms with van der Waals surface area (Å²) >= 11 is 0. The van der Waals surface area contributed by atoms with Gasteiger partial charge in [-0.3, -0.25) is 5.41 Å². The van der Waals surface area contributed by atoms with E-state index in [1.54, 1.807) is 18.2 Å². The van der Waals surface area contributed by atoms with Gasteiger partial charge in [-0.05, 0) is 48.5 Å². The van der Waals surface area contributed by atoms with E-state index in [1.807, 2.05) is 0 Å². The number of phenolic OH excluding ortho intramolecular Hbond substituents is 2. The van der Waals surface area contributed by atoms with Crippen LogP contribution in [0.15, 0.2) is 54.6 Å². The maximum absolute atomic E-state index is 13.7. The largest absolute Gasteiger partial charge is 0.507 e. The summed E-state index contributed by atoms with van der Waals surface area (Å²) in [5, 5.41) is 27.9. The number of nitrogens with two attached hydrogens (primary N) is 1. The van der Waals surface area contributed by atoms with E-state index in [0.717, 1.165) is 18.2 Å². The van der Waals surface area contributed by atoms with Crippen molar-refractivity contribution in [2.24, 2.45) is 5.73 Å². The van der Waals surface area contributed by atoms with Crippen LogP contribution in [0.25, 0.3) is 22.2 Å². The fraction of sp³-hybridized carbons (Fsp3) is 0. The van der Waals surface area contributed by atoms with Crippen LogP contribution in [0.2, 0.25) is 0 Å². The molecule has 9 heteroatoms. The van der Waals surface area contributed by atoms with Crippen molar-refractivity contribution in [2.45, 2.75) is 0 Å². The number of H-pyrrole nitrogens is 1. The van der Waals surface area contributed by atoms with E-state index >= 15 is 0 Å². The van der Waals surface area contributed by atoms with Gasteiger partial charge in [-0.25, -0.2) is 9.18 Å². The summed E-state index contributed by atoms with van der Waals surface area (Å²) in [5.74, 6) is -2.29. The average Bonchev–Trinajstić information content (AvgIpc) is 3.11. The summed E-state index contributed by atoms with van der Waals surface area (Å²) in [6.07, 6.45) is 0. The minimum Gasteiger partial charge on any atom is -0.507 e. The number of hydrogen-bond acceptors (Lipinski definition) is 6. The molecule has 150 valence electrons. The number of rotatable bonds is 4. The van der Waals surface area contributed by atoms with Crippen LogP contribution >= 0.6 is 0 Å². The number of nitrogens with one attached hydrogen (secondary N) is 2. The number of esters is 1. The van der Waals surface area contributed by atoms with Crippen molar-refractivity contribution >= 4 is 22.8 Å². The Morgan fingerprint density at radius 1 is 1.10 bits per heavy atom. The quantitative estimate of drug-likeness (QED) is 0.200. The lowest BCUT2D eigenvalue weighted by Gasteiger charge is -2.12. The zero-order valence-corrected chi connectivity index (χ0v) is 15.3. The van der Waals surface area contributed by atoms with E-state index < -0.39 is 11.8 Å². The Hall–Kier alpha value is -4.40. The molecule has 4 aromatic rings. The molecule has 0 spiro atoms. The minimum absolute atomic E-state index is 0.0595. The van der Waals surface area contributed by atoms with Gasteiger partial charge < -0.3 is 25.7 Å². The maximum atomic E-state index is 13.7. The predicted molar refractivity (Wildman–Crippen MR) is 107 cm³/mol. The molecule has 1 aromatic heterocycles. The van der Waals surface area contributed by atoms with E-state index in [4.69, 9.17) is 15.9 Å². The van der Waals surface area contributed by atoms with E-state index in [2.05, 4.69) is 9.97 Å². The van der Waals surface area contributed by atoms with Gasteiger partial charge in [-0.1, -0.05) is 6.07 Å². The molecule has 0 saturated heterocycles. The first-order valence-electron chi connectivity index (χ1n) is 8.70. The standard InChI is InChI=1S/C21H15FN4O4/c22-11-5-7-16(27)13(9-11)18-12(2-1-3-17(18)28)20(29)30-21-25-14-6-4-10(19(23)24)8-15(14)26-21/h1-9,27-28H,(H3,23,24)(H,25,26). The molecule has 0 fully saturated rings. The number of aromatic nitrogens is 2. The van der Waals surface area contributed by atoms with E-state index in [0.29, 0.717) is 16.6 Å². The molecule has 4 rings (SSSR count). The minimum atomic E-state index is -0.879. The van der Waals surface area contributed by atoms with Crippen molar-refractivity contribution in [3.05, 3.63) is 71.5 Å². The van der Waals surface area contributed by atoms with Gasteiger partial charge in [0.05, 0.1) is 16.6 Å². The summed E-state index contributed by atoms with van der Waals surface area (Å²) < 4.78 is 19.0. The molecule has 0 bridgehead atoms. The number of fused-ring (bicyclic) bond motifs is 1. The topological polar surface area (TPSA) is 145 Å². The third-order valence-corrected chi connectivity index (χ3v) is 4.45. The lowest BCUT2D eigenvalue weighted by Crippen LogP contribution is -2.11. The Labute approximate surface area is 168 Å². The van der Waals surface area contributed by atoms with Crippen molar-refractivity contribution in [3.63, 3.8) is 0 Å². The second-order valence-corrected chi connectivity index (χ2v) is 6.44. The lowest BCUT2D eigenvalue weighted by atomic mass is 9.97. The number of imidazole rings is 1. The molecule has 0 amide bonds. The highest BCUT2D eigenvalue weighted by atomic mass is 19.1. The molecule has 6 N–H and O–H groups in total. The molecule has 8 nitrogen and oxygen atoms in total. The van der Waals surface area contributed by atoms with E-state index in [9.17, 15) is 19.4 Å². The van der Waals surface area contributed by atoms with Crippen LogP contribution < -0.4 is 10.5 Å². The normalized spacial score (nSPS) is 10.8. The third kappa shape index (κ3) is 3.39. The van der Waals surface area contributed by atoms with Crippen molar-refractivity contribution in [1.82, 2.24) is 9.97 Å². The molecule has 3 aromatic carbocycles. The zero-order chi connectivity index (χ0) is 21.4. The van der Waals surface area contributed by atoms with Gasteiger partial charge in [0.15, 0.2) is 0 Å². The number of benzene rings is 3. The highest BCUT2D eigenvalue weighted by Gasteiger charge is 2.22. The van der Waals surface area contributed by atoms with Crippen molar-refractivity contribution < 1.29 is 24.1 Å². The van der Waals surface area contributed by atoms with Gasteiger partial charge in [-0.2, -0.15) is 4.98 Å². The number of nitrogens with zero attached hydrogens (tertiary/aromatic N) is 1. The highest BCUT2D eigenvalue weighted by Crippen LogP contribution is 2.38. The molecular weight excluding hydrogens is 391 g/mol. The number of carbonyl (C=O) groups is 1. The Morgan fingerprint density at radius 3 is 2.67 bits per heavy atom. The summed E-state index contributed by atoms with van der Waals surface area (Å²) in [5.41, 5.74) is 6.70. The van der Waals surface area contributed by atoms with Gasteiger partial charge in [0.1, 0.15) is 23.2 Å². The maximum Gasteiger partial charge on any atom is 0.346 e. The number of hydrogen-bond donors (Lipinski definition) is 5. The molecule has 1 heterocycles. The number of carbonyl (C=O) groups excluding carboxylic acids is 1. The summed E-state index contributed by atoms with van der Waals surface area (Å²) in [6.45, 7) is 0. The summed E-state index contributed by atoms with van der Waals surface area (Å²) in [7, 11) is 0. The number of aromatic hydroxyl groups is 2. The van der Waals surface area contributed by atoms with Crippen molar-refractivity contribution in [2.75, 3.05) is 0 Å². The van der Waals surface area contributed by atoms with Crippen LogP contribution in [0.4, 0.5) is 4.39 Å². The highest BCUT2D eigenvalue weighted by molar-refractivity contribution is 6.01. The van der Waals surface area contributed by atoms with Crippen LogP contribution in [0, 0.1) is 11.2 Å². The Morgan fingerprint density at radius 2 is 1.90 bits per heavy atom. The number of halogens is 1. The summed E-state index contributed by atoms with van der Waals surface area (Å²) in [4.78, 5) is 19.7. The second kappa shape index (κ2) is 7.21. The first kappa shape index (κ1) is 18.9. The summed E-state index contributed by atoms with van der Waals surface area (Å²) in [6, 6.07) is 12.0. The van der Waals surface area contributed by atoms with Gasteiger partial charge in [0.25, 0.3) is 0 Å². The number of aromatic amines is 1. The number of nitrogen functional groups attached to an aromatic ring is 1. The molecule has 0 aliphatic heterocycles. The molecule has 0 atom stereocenters. The van der Waals surface area contributed by atoms with Crippen LogP contribution in [0.1, 0.15) is 15.9 Å². The van der Waals surface area contributed by atoms with Crippen LogP contribution in [0.3, 0.4) is 0 Å². The lowest BCUT2D eigenvalue weighted by molar-refractivity contribution is 0.0722. The van der Waals surface area contributed by atoms with Crippen LogP contribution in [-0.2, 0) is 0 Å². The Bertz CT molecular complexity index is 1320. The predicted octanol–water partition coefficient (Wildman–Crippen LogP) is 3.28. The average molecular weight is 406 g/mol. The molecule has 30 heavy (non-hydrogen) atoms. The fourth-order valence-electron chi connectivity index (χ4n) is 3.05. The smallest absolute Gasteiger partial charge is 0.346 e. The molecule has 0 unspecified atom stereocenters. The van der Waals surface area contributed by atoms with E-state index in [-0.39, 0.29) is 40.0 Å². The molecule has 0 aliphatic rings. The van der Waals surface area contributed by atoms with E-state index in [1.165, 1.54) is 18.2 Å². The van der Waals surface area contributed by atoms with Crippen LogP contribution in [-0.4, -0.2) is 32.0 Å². The number of ether oxygens (including phenoxy) is 1. The molecular formula is C21H15FN4O4. The third-order valence-electron chi connectivity index (χ3n) is 4.45. The van der Waals surface area contributed by atoms with Crippen molar-refractivity contribution in [1.29, 1.82) is 5.41 Å².